The Morgan fingerprint density at radius 3 is 3.00 bits per heavy atom. The minimum Gasteiger partial charge on any atom is -0.394 e. The molecule has 22 heavy (non-hydrogen) atoms. The minimum absolute atomic E-state index is 0.00870. The third kappa shape index (κ3) is 2.71. The molecule has 2 heterocycles. The summed E-state index contributed by atoms with van der Waals surface area (Å²) in [5.41, 5.74) is 2.35. The Balaban J connectivity index is 1.82. The number of fused-ring (bicyclic) bond motifs is 1. The third-order valence-corrected chi connectivity index (χ3v) is 4.43. The number of hydrogen-bond acceptors (Lipinski definition) is 4. The molecule has 1 aromatic carbocycles. The van der Waals surface area contributed by atoms with Crippen molar-refractivity contribution < 1.29 is 19.4 Å². The Hall–Kier alpha value is -1.92. The zero-order chi connectivity index (χ0) is 15.7. The lowest BCUT2D eigenvalue weighted by molar-refractivity contribution is -0.116. The fourth-order valence-electron chi connectivity index (χ4n) is 3.15. The molecule has 0 saturated carbocycles. The number of aryl methyl sites for hydroxylation is 1. The van der Waals surface area contributed by atoms with Gasteiger partial charge < -0.3 is 20.1 Å². The monoisotopic (exact) mass is 304 g/mol. The van der Waals surface area contributed by atoms with E-state index < -0.39 is 0 Å². The van der Waals surface area contributed by atoms with Crippen LogP contribution in [0, 0.1) is 0 Å². The molecule has 1 fully saturated rings. The van der Waals surface area contributed by atoms with Crippen LogP contribution in [-0.2, 0) is 16.0 Å². The number of benzene rings is 1. The van der Waals surface area contributed by atoms with Gasteiger partial charge in [-0.1, -0.05) is 0 Å². The second kappa shape index (κ2) is 6.06. The lowest BCUT2D eigenvalue weighted by Crippen LogP contribution is -2.38. The number of ether oxygens (including phenoxy) is 1. The van der Waals surface area contributed by atoms with E-state index in [0.717, 1.165) is 11.3 Å². The zero-order valence-corrected chi connectivity index (χ0v) is 12.5. The maximum absolute atomic E-state index is 12.7. The normalized spacial score (nSPS) is 24.1. The number of nitrogens with one attached hydrogen (secondary N) is 1. The SMILES string of the molecule is CO[C@H]1C[C@@H](CO)N(C(=O)c2ccc3c(c2)CCC(=O)N3)C1. The van der Waals surface area contributed by atoms with Gasteiger partial charge in [-0.2, -0.15) is 0 Å². The van der Waals surface area contributed by atoms with E-state index in [1.807, 2.05) is 6.07 Å². The molecule has 2 N–H and O–H groups in total. The van der Waals surface area contributed by atoms with Crippen LogP contribution in [0.5, 0.6) is 0 Å². The van der Waals surface area contributed by atoms with Gasteiger partial charge in [0.15, 0.2) is 0 Å². The molecular weight excluding hydrogens is 284 g/mol. The topological polar surface area (TPSA) is 78.9 Å². The largest absolute Gasteiger partial charge is 0.394 e. The van der Waals surface area contributed by atoms with Gasteiger partial charge in [0.05, 0.1) is 18.8 Å². The van der Waals surface area contributed by atoms with E-state index in [4.69, 9.17) is 4.74 Å². The first-order valence-corrected chi connectivity index (χ1v) is 7.49. The van der Waals surface area contributed by atoms with Gasteiger partial charge in [0.1, 0.15) is 0 Å². The summed E-state index contributed by atoms with van der Waals surface area (Å²) in [4.78, 5) is 25.8. The van der Waals surface area contributed by atoms with Crippen molar-refractivity contribution >= 4 is 17.5 Å². The number of methoxy groups -OCH3 is 1. The summed E-state index contributed by atoms with van der Waals surface area (Å²) in [6.07, 6.45) is 1.71. The van der Waals surface area contributed by atoms with Crippen molar-refractivity contribution in [3.05, 3.63) is 29.3 Å². The number of hydrogen-bond donors (Lipinski definition) is 2. The van der Waals surface area contributed by atoms with Crippen LogP contribution in [0.1, 0.15) is 28.8 Å². The van der Waals surface area contributed by atoms with E-state index >= 15 is 0 Å². The van der Waals surface area contributed by atoms with E-state index in [1.165, 1.54) is 0 Å². The Bertz CT molecular complexity index is 602. The van der Waals surface area contributed by atoms with Crippen LogP contribution >= 0.6 is 0 Å². The molecule has 0 aromatic heterocycles. The van der Waals surface area contributed by atoms with Gasteiger partial charge in [-0.05, 0) is 36.6 Å². The van der Waals surface area contributed by atoms with E-state index in [1.54, 1.807) is 24.1 Å². The summed E-state index contributed by atoms with van der Waals surface area (Å²) < 4.78 is 5.31. The summed E-state index contributed by atoms with van der Waals surface area (Å²) >= 11 is 0. The first-order valence-electron chi connectivity index (χ1n) is 7.49. The van der Waals surface area contributed by atoms with E-state index in [0.29, 0.717) is 31.4 Å². The molecule has 1 aromatic rings. The fraction of sp³-hybridized carbons (Fsp3) is 0.500. The van der Waals surface area contributed by atoms with Crippen LogP contribution in [-0.4, -0.2) is 54.2 Å². The highest BCUT2D eigenvalue weighted by atomic mass is 16.5. The molecule has 1 saturated heterocycles. The van der Waals surface area contributed by atoms with Crippen LogP contribution in [0.15, 0.2) is 18.2 Å². The molecular formula is C16H20N2O4. The number of rotatable bonds is 3. The first kappa shape index (κ1) is 15.0. The molecule has 2 aliphatic rings. The molecule has 0 unspecified atom stereocenters. The molecule has 2 atom stereocenters. The van der Waals surface area contributed by atoms with Gasteiger partial charge in [0, 0.05) is 31.3 Å². The van der Waals surface area contributed by atoms with Crippen LogP contribution in [0.2, 0.25) is 0 Å². The summed E-state index contributed by atoms with van der Waals surface area (Å²) in [7, 11) is 1.62. The maximum Gasteiger partial charge on any atom is 0.254 e. The van der Waals surface area contributed by atoms with E-state index in [-0.39, 0.29) is 30.6 Å². The average Bonchev–Trinajstić information content (AvgIpc) is 2.97. The van der Waals surface area contributed by atoms with Crippen molar-refractivity contribution in [2.24, 2.45) is 0 Å². The van der Waals surface area contributed by atoms with Crippen LogP contribution < -0.4 is 5.32 Å². The van der Waals surface area contributed by atoms with Crippen molar-refractivity contribution in [1.82, 2.24) is 4.90 Å². The standard InChI is InChI=1S/C16H20N2O4/c1-22-13-7-12(9-19)18(8-13)16(21)11-2-4-14-10(6-11)3-5-15(20)17-14/h2,4,6,12-13,19H,3,5,7-9H2,1H3,(H,17,20)/t12-,13-/m0/s1. The predicted octanol–water partition coefficient (Wildman–Crippen LogP) is 0.793. The smallest absolute Gasteiger partial charge is 0.254 e. The van der Waals surface area contributed by atoms with Gasteiger partial charge in [-0.25, -0.2) is 0 Å². The molecule has 118 valence electrons. The molecule has 3 rings (SSSR count). The van der Waals surface area contributed by atoms with Crippen molar-refractivity contribution in [2.45, 2.75) is 31.4 Å². The van der Waals surface area contributed by atoms with Gasteiger partial charge >= 0.3 is 0 Å². The number of nitrogens with zero attached hydrogens (tertiary/aromatic N) is 1. The minimum atomic E-state index is -0.201. The highest BCUT2D eigenvalue weighted by Gasteiger charge is 2.35. The number of amides is 2. The molecule has 0 radical (unpaired) electrons. The molecule has 0 spiro atoms. The van der Waals surface area contributed by atoms with Gasteiger partial charge in [0.25, 0.3) is 5.91 Å². The van der Waals surface area contributed by atoms with Crippen molar-refractivity contribution in [3.63, 3.8) is 0 Å². The van der Waals surface area contributed by atoms with Gasteiger partial charge in [0.2, 0.25) is 5.91 Å². The second-order valence-corrected chi connectivity index (χ2v) is 5.81. The number of aliphatic hydroxyl groups excluding tert-OH is 1. The van der Waals surface area contributed by atoms with E-state index in [9.17, 15) is 14.7 Å². The van der Waals surface area contributed by atoms with Crippen LogP contribution in [0.25, 0.3) is 0 Å². The van der Waals surface area contributed by atoms with E-state index in [2.05, 4.69) is 5.32 Å². The third-order valence-electron chi connectivity index (χ3n) is 4.43. The number of carbonyl (C=O) groups excluding carboxylic acids is 2. The van der Waals surface area contributed by atoms with Gasteiger partial charge in [-0.3, -0.25) is 9.59 Å². The average molecular weight is 304 g/mol. The highest BCUT2D eigenvalue weighted by molar-refractivity contribution is 5.98. The molecule has 2 aliphatic heterocycles. The van der Waals surface area contributed by atoms with Crippen LogP contribution in [0.4, 0.5) is 5.69 Å². The predicted molar refractivity (Wildman–Crippen MR) is 80.7 cm³/mol. The fourth-order valence-corrected chi connectivity index (χ4v) is 3.15. The van der Waals surface area contributed by atoms with Crippen molar-refractivity contribution in [1.29, 1.82) is 0 Å². The Morgan fingerprint density at radius 2 is 2.27 bits per heavy atom. The highest BCUT2D eigenvalue weighted by Crippen LogP contribution is 2.26. The second-order valence-electron chi connectivity index (χ2n) is 5.81. The number of carbonyl (C=O) groups is 2. The Kier molecular flexibility index (Phi) is 4.13. The number of likely N-dealkylation sites (tertiary alicyclic amines) is 1. The summed E-state index contributed by atoms with van der Waals surface area (Å²) in [5.74, 6) is -0.0901. The molecule has 0 aliphatic carbocycles. The summed E-state index contributed by atoms with van der Waals surface area (Å²) in [6.45, 7) is 0.432. The Labute approximate surface area is 129 Å². The molecule has 6 nitrogen and oxygen atoms in total. The maximum atomic E-state index is 12.7. The summed E-state index contributed by atoms with van der Waals surface area (Å²) in [5, 5.41) is 12.3. The molecule has 0 bridgehead atoms. The number of anilines is 1. The lowest BCUT2D eigenvalue weighted by Gasteiger charge is -2.24. The van der Waals surface area contributed by atoms with Crippen LogP contribution in [0.3, 0.4) is 0 Å². The Morgan fingerprint density at radius 1 is 1.45 bits per heavy atom. The zero-order valence-electron chi connectivity index (χ0n) is 12.5. The molecule has 6 heteroatoms. The number of aliphatic hydroxyl groups is 1. The summed E-state index contributed by atoms with van der Waals surface area (Å²) in [6, 6.07) is 5.14. The first-order chi connectivity index (χ1) is 10.6. The quantitative estimate of drug-likeness (QED) is 0.865. The van der Waals surface area contributed by atoms with Crippen molar-refractivity contribution in [3.8, 4) is 0 Å². The molecule has 2 amide bonds. The lowest BCUT2D eigenvalue weighted by atomic mass is 10.00. The van der Waals surface area contributed by atoms with Crippen molar-refractivity contribution in [2.75, 3.05) is 25.6 Å². The van der Waals surface area contributed by atoms with Gasteiger partial charge in [-0.15, -0.1) is 0 Å².